The summed E-state index contributed by atoms with van der Waals surface area (Å²) in [5, 5.41) is 0. The van der Waals surface area contributed by atoms with Crippen molar-refractivity contribution in [3.05, 3.63) is 0 Å². The summed E-state index contributed by atoms with van der Waals surface area (Å²) < 4.78 is 0. The first-order chi connectivity index (χ1) is 6.57. The van der Waals surface area contributed by atoms with Gasteiger partial charge in [-0.2, -0.15) is 0 Å². The van der Waals surface area contributed by atoms with Gasteiger partial charge in [-0.25, -0.2) is 0 Å². The Kier molecular flexibility index (Phi) is 1.70. The smallest absolute Gasteiger partial charge is 0.0246 e. The van der Waals surface area contributed by atoms with Crippen LogP contribution in [0, 0.1) is 28.6 Å². The van der Waals surface area contributed by atoms with Crippen molar-refractivity contribution >= 4 is 0 Å². The van der Waals surface area contributed by atoms with Gasteiger partial charge in [-0.1, -0.05) is 20.8 Å². The van der Waals surface area contributed by atoms with Crippen LogP contribution in [0.2, 0.25) is 0 Å². The normalized spacial score (nSPS) is 60.6. The molecule has 14 heavy (non-hydrogen) atoms. The van der Waals surface area contributed by atoms with Gasteiger partial charge in [0.05, 0.1) is 0 Å². The Morgan fingerprint density at radius 2 is 1.57 bits per heavy atom. The third-order valence-electron chi connectivity index (χ3n) is 6.40. The zero-order valence-corrected chi connectivity index (χ0v) is 9.97. The van der Waals surface area contributed by atoms with Crippen LogP contribution < -0.4 is 0 Å². The van der Waals surface area contributed by atoms with Gasteiger partial charge in [0.2, 0.25) is 0 Å². The lowest BCUT2D eigenvalue weighted by Gasteiger charge is -2.66. The highest BCUT2D eigenvalue weighted by atomic mass is 14.6. The lowest BCUT2D eigenvalue weighted by atomic mass is 9.39. The SMILES string of the molecule is CCC1(C)C2CC3CC(C2)CC1(C)C3. The summed E-state index contributed by atoms with van der Waals surface area (Å²) >= 11 is 0. The summed E-state index contributed by atoms with van der Waals surface area (Å²) in [6.45, 7) is 7.61. The van der Waals surface area contributed by atoms with Gasteiger partial charge in [-0.15, -0.1) is 0 Å². The molecule has 4 bridgehead atoms. The zero-order chi connectivity index (χ0) is 9.97. The number of hydrogen-bond donors (Lipinski definition) is 0. The Balaban J connectivity index is 2.01. The molecular formula is C14H24. The molecule has 4 aliphatic carbocycles. The minimum absolute atomic E-state index is 0.681. The summed E-state index contributed by atoms with van der Waals surface area (Å²) in [7, 11) is 0. The molecule has 0 nitrogen and oxygen atoms in total. The molecule has 0 aromatic heterocycles. The van der Waals surface area contributed by atoms with E-state index in [1.54, 1.807) is 32.1 Å². The predicted octanol–water partition coefficient (Wildman–Crippen LogP) is 4.25. The Labute approximate surface area is 88.5 Å². The van der Waals surface area contributed by atoms with Gasteiger partial charge in [0.1, 0.15) is 0 Å². The Morgan fingerprint density at radius 1 is 1.00 bits per heavy atom. The van der Waals surface area contributed by atoms with E-state index in [0.29, 0.717) is 10.8 Å². The fourth-order valence-corrected chi connectivity index (χ4v) is 5.45. The zero-order valence-electron chi connectivity index (χ0n) is 9.97. The van der Waals surface area contributed by atoms with Crippen LogP contribution in [0.5, 0.6) is 0 Å². The lowest BCUT2D eigenvalue weighted by molar-refractivity contribution is -0.161. The van der Waals surface area contributed by atoms with E-state index in [1.807, 2.05) is 0 Å². The lowest BCUT2D eigenvalue weighted by Crippen LogP contribution is -2.57. The quantitative estimate of drug-likeness (QED) is 0.582. The summed E-state index contributed by atoms with van der Waals surface area (Å²) in [4.78, 5) is 0. The molecule has 3 atom stereocenters. The molecule has 3 unspecified atom stereocenters. The Bertz CT molecular complexity index is 241. The molecule has 0 aliphatic heterocycles. The van der Waals surface area contributed by atoms with Crippen molar-refractivity contribution in [3.8, 4) is 0 Å². The van der Waals surface area contributed by atoms with E-state index < -0.39 is 0 Å². The monoisotopic (exact) mass is 192 g/mol. The molecule has 4 aliphatic rings. The van der Waals surface area contributed by atoms with Gasteiger partial charge in [0.25, 0.3) is 0 Å². The molecule has 4 saturated carbocycles. The molecule has 0 aromatic rings. The third kappa shape index (κ3) is 0.907. The predicted molar refractivity (Wildman–Crippen MR) is 60.1 cm³/mol. The fourth-order valence-electron chi connectivity index (χ4n) is 5.45. The molecule has 4 fully saturated rings. The van der Waals surface area contributed by atoms with Crippen LogP contribution in [0.25, 0.3) is 0 Å². The van der Waals surface area contributed by atoms with Crippen LogP contribution in [-0.4, -0.2) is 0 Å². The van der Waals surface area contributed by atoms with Crippen LogP contribution >= 0.6 is 0 Å². The topological polar surface area (TPSA) is 0 Å². The molecule has 80 valence electrons. The molecule has 0 radical (unpaired) electrons. The summed E-state index contributed by atoms with van der Waals surface area (Å²) in [6.07, 6.45) is 9.21. The first kappa shape index (κ1) is 9.24. The average molecular weight is 192 g/mol. The van der Waals surface area contributed by atoms with E-state index in [4.69, 9.17) is 0 Å². The highest BCUT2D eigenvalue weighted by Crippen LogP contribution is 2.69. The molecule has 0 aromatic carbocycles. The summed E-state index contributed by atoms with van der Waals surface area (Å²) in [5.41, 5.74) is 1.39. The largest absolute Gasteiger partial charge is 0.0648 e. The van der Waals surface area contributed by atoms with Gasteiger partial charge in [0, 0.05) is 0 Å². The number of rotatable bonds is 1. The van der Waals surface area contributed by atoms with Gasteiger partial charge >= 0.3 is 0 Å². The van der Waals surface area contributed by atoms with E-state index in [0.717, 1.165) is 17.8 Å². The van der Waals surface area contributed by atoms with Crippen molar-refractivity contribution in [2.45, 2.75) is 59.3 Å². The first-order valence-electron chi connectivity index (χ1n) is 6.57. The summed E-state index contributed by atoms with van der Waals surface area (Å²) in [5.74, 6) is 3.29. The molecule has 0 saturated heterocycles. The van der Waals surface area contributed by atoms with Crippen LogP contribution in [0.1, 0.15) is 59.3 Å². The van der Waals surface area contributed by atoms with Crippen molar-refractivity contribution in [1.29, 1.82) is 0 Å². The second kappa shape index (κ2) is 2.57. The van der Waals surface area contributed by atoms with Gasteiger partial charge in [-0.3, -0.25) is 0 Å². The Hall–Kier alpha value is 0. The minimum Gasteiger partial charge on any atom is -0.0648 e. The maximum absolute atomic E-state index is 2.60. The second-order valence-corrected chi connectivity index (χ2v) is 6.88. The van der Waals surface area contributed by atoms with Crippen molar-refractivity contribution in [1.82, 2.24) is 0 Å². The van der Waals surface area contributed by atoms with Gasteiger partial charge < -0.3 is 0 Å². The molecule has 0 heterocycles. The standard InChI is InChI=1S/C14H24/c1-4-14(3)12-6-10-5-11(7-12)9-13(14,2)8-10/h10-12H,4-9H2,1-3H3. The highest BCUT2D eigenvalue weighted by molar-refractivity contribution is 5.09. The van der Waals surface area contributed by atoms with Crippen LogP contribution in [-0.2, 0) is 0 Å². The van der Waals surface area contributed by atoms with Crippen molar-refractivity contribution in [2.24, 2.45) is 28.6 Å². The second-order valence-electron chi connectivity index (χ2n) is 6.88. The van der Waals surface area contributed by atoms with Crippen molar-refractivity contribution in [3.63, 3.8) is 0 Å². The number of hydrogen-bond acceptors (Lipinski definition) is 0. The first-order valence-corrected chi connectivity index (χ1v) is 6.57. The van der Waals surface area contributed by atoms with Crippen molar-refractivity contribution < 1.29 is 0 Å². The molecule has 0 N–H and O–H groups in total. The van der Waals surface area contributed by atoms with Crippen LogP contribution in [0.4, 0.5) is 0 Å². The van der Waals surface area contributed by atoms with E-state index in [1.165, 1.54) is 6.42 Å². The molecule has 0 heteroatoms. The van der Waals surface area contributed by atoms with E-state index >= 15 is 0 Å². The third-order valence-corrected chi connectivity index (χ3v) is 6.40. The Morgan fingerprint density at radius 3 is 2.00 bits per heavy atom. The molecule has 0 spiro atoms. The summed E-state index contributed by atoms with van der Waals surface area (Å²) in [6, 6.07) is 0. The van der Waals surface area contributed by atoms with E-state index in [-0.39, 0.29) is 0 Å². The maximum atomic E-state index is 2.60. The minimum atomic E-state index is 0.681. The molecular weight excluding hydrogens is 168 g/mol. The van der Waals surface area contributed by atoms with E-state index in [2.05, 4.69) is 20.8 Å². The average Bonchev–Trinajstić information content (AvgIpc) is 2.12. The molecule has 0 amide bonds. The van der Waals surface area contributed by atoms with Crippen molar-refractivity contribution in [2.75, 3.05) is 0 Å². The molecule has 4 rings (SSSR count). The van der Waals surface area contributed by atoms with Crippen LogP contribution in [0.3, 0.4) is 0 Å². The maximum Gasteiger partial charge on any atom is -0.0246 e. The van der Waals surface area contributed by atoms with Crippen LogP contribution in [0.15, 0.2) is 0 Å². The highest BCUT2D eigenvalue weighted by Gasteiger charge is 2.59. The van der Waals surface area contributed by atoms with Gasteiger partial charge in [-0.05, 0) is 67.1 Å². The fraction of sp³-hybridized carbons (Fsp3) is 1.00. The van der Waals surface area contributed by atoms with Gasteiger partial charge in [0.15, 0.2) is 0 Å². The van der Waals surface area contributed by atoms with E-state index in [9.17, 15) is 0 Å².